The van der Waals surface area contributed by atoms with Crippen LogP contribution < -0.4 is 16.2 Å². The molecule has 224 valence electrons. The summed E-state index contributed by atoms with van der Waals surface area (Å²) in [5, 5.41) is 6.74. The van der Waals surface area contributed by atoms with Crippen molar-refractivity contribution in [3.05, 3.63) is 117 Å². The van der Waals surface area contributed by atoms with Gasteiger partial charge in [0.05, 0.1) is 18.6 Å². The van der Waals surface area contributed by atoms with Gasteiger partial charge in [-0.15, -0.1) is 0 Å². The maximum Gasteiger partial charge on any atom is 0.280 e. The molecular formula is C33H31F2N7O2. The SMILES string of the molecule is Cc1c(C(=O)NCC#Cc2ccc3nc(Nc4cccc(CN(C)C)c4)ncc3c2)c(=O)n(Cc2ccc(F)c(F)c2)n1C. The number of halogens is 2. The number of hydrogen-bond acceptors (Lipinski definition) is 6. The van der Waals surface area contributed by atoms with Crippen LogP contribution in [-0.4, -0.2) is 50.8 Å². The lowest BCUT2D eigenvalue weighted by atomic mass is 10.1. The Morgan fingerprint density at radius 3 is 2.61 bits per heavy atom. The molecule has 0 radical (unpaired) electrons. The van der Waals surface area contributed by atoms with Gasteiger partial charge >= 0.3 is 0 Å². The number of benzene rings is 3. The number of fused-ring (bicyclic) bond motifs is 1. The number of nitrogens with zero attached hydrogens (tertiary/aromatic N) is 5. The molecule has 44 heavy (non-hydrogen) atoms. The lowest BCUT2D eigenvalue weighted by molar-refractivity contribution is 0.0956. The highest BCUT2D eigenvalue weighted by atomic mass is 19.2. The van der Waals surface area contributed by atoms with Gasteiger partial charge in [-0.25, -0.2) is 23.4 Å². The Labute approximate surface area is 253 Å². The topological polar surface area (TPSA) is 97.1 Å². The molecular weight excluding hydrogens is 564 g/mol. The highest BCUT2D eigenvalue weighted by Gasteiger charge is 2.21. The summed E-state index contributed by atoms with van der Waals surface area (Å²) in [6.45, 7) is 2.47. The Kier molecular flexibility index (Phi) is 8.83. The molecule has 0 aliphatic heterocycles. The second-order valence-electron chi connectivity index (χ2n) is 10.6. The average molecular weight is 596 g/mol. The van der Waals surface area contributed by atoms with Crippen LogP contribution in [0.2, 0.25) is 0 Å². The summed E-state index contributed by atoms with van der Waals surface area (Å²) in [6, 6.07) is 17.1. The van der Waals surface area contributed by atoms with Crippen molar-refractivity contribution in [3.8, 4) is 11.8 Å². The molecule has 3 aromatic carbocycles. The minimum Gasteiger partial charge on any atom is -0.341 e. The van der Waals surface area contributed by atoms with Crippen LogP contribution in [0, 0.1) is 30.4 Å². The van der Waals surface area contributed by atoms with Crippen LogP contribution >= 0.6 is 0 Å². The molecule has 5 rings (SSSR count). The van der Waals surface area contributed by atoms with Gasteiger partial charge in [0.15, 0.2) is 11.6 Å². The molecule has 0 spiro atoms. The average Bonchev–Trinajstić information content (AvgIpc) is 3.19. The van der Waals surface area contributed by atoms with Gasteiger partial charge < -0.3 is 15.5 Å². The van der Waals surface area contributed by atoms with E-state index in [1.807, 2.05) is 44.4 Å². The number of rotatable bonds is 8. The van der Waals surface area contributed by atoms with Crippen molar-refractivity contribution < 1.29 is 13.6 Å². The molecule has 9 nitrogen and oxygen atoms in total. The van der Waals surface area contributed by atoms with E-state index in [2.05, 4.69) is 49.5 Å². The third kappa shape index (κ3) is 6.82. The van der Waals surface area contributed by atoms with Crippen molar-refractivity contribution in [1.82, 2.24) is 29.5 Å². The van der Waals surface area contributed by atoms with Crippen LogP contribution in [0.5, 0.6) is 0 Å². The number of anilines is 2. The number of aromatic nitrogens is 4. The van der Waals surface area contributed by atoms with Gasteiger partial charge in [-0.1, -0.05) is 30.0 Å². The highest BCUT2D eigenvalue weighted by molar-refractivity contribution is 5.95. The fraction of sp³-hybridized carbons (Fsp3) is 0.212. The number of carbonyl (C=O) groups is 1. The zero-order valence-electron chi connectivity index (χ0n) is 24.8. The van der Waals surface area contributed by atoms with Gasteiger partial charge in [0.1, 0.15) is 5.56 Å². The largest absolute Gasteiger partial charge is 0.341 e. The van der Waals surface area contributed by atoms with Crippen molar-refractivity contribution in [2.45, 2.75) is 20.0 Å². The van der Waals surface area contributed by atoms with E-state index in [0.717, 1.165) is 40.8 Å². The Morgan fingerprint density at radius 2 is 1.84 bits per heavy atom. The second-order valence-corrected chi connectivity index (χ2v) is 10.6. The quantitative estimate of drug-likeness (QED) is 0.259. The third-order valence-electron chi connectivity index (χ3n) is 7.03. The zero-order valence-corrected chi connectivity index (χ0v) is 24.8. The van der Waals surface area contributed by atoms with Gasteiger partial charge in [-0.2, -0.15) is 0 Å². The van der Waals surface area contributed by atoms with Crippen LogP contribution in [0.4, 0.5) is 20.4 Å². The minimum atomic E-state index is -1.00. The Bertz CT molecular complexity index is 1990. The van der Waals surface area contributed by atoms with Crippen LogP contribution in [0.15, 0.2) is 71.7 Å². The third-order valence-corrected chi connectivity index (χ3v) is 7.03. The first-order chi connectivity index (χ1) is 21.1. The maximum absolute atomic E-state index is 13.6. The number of nitrogens with one attached hydrogen (secondary N) is 2. The van der Waals surface area contributed by atoms with Gasteiger partial charge in [-0.05, 0) is 74.6 Å². The smallest absolute Gasteiger partial charge is 0.280 e. The summed E-state index contributed by atoms with van der Waals surface area (Å²) >= 11 is 0. The summed E-state index contributed by atoms with van der Waals surface area (Å²) in [5.74, 6) is 3.87. The van der Waals surface area contributed by atoms with Crippen molar-refractivity contribution in [3.63, 3.8) is 0 Å². The second kappa shape index (κ2) is 12.9. The van der Waals surface area contributed by atoms with E-state index >= 15 is 0 Å². The molecule has 0 fully saturated rings. The predicted molar refractivity (Wildman–Crippen MR) is 166 cm³/mol. The van der Waals surface area contributed by atoms with E-state index in [9.17, 15) is 18.4 Å². The van der Waals surface area contributed by atoms with Gasteiger partial charge in [0.2, 0.25) is 5.95 Å². The van der Waals surface area contributed by atoms with Crippen molar-refractivity contribution in [2.24, 2.45) is 7.05 Å². The van der Waals surface area contributed by atoms with Gasteiger partial charge in [0, 0.05) is 42.1 Å². The first-order valence-corrected chi connectivity index (χ1v) is 13.8. The molecule has 0 aliphatic carbocycles. The predicted octanol–water partition coefficient (Wildman–Crippen LogP) is 4.35. The van der Waals surface area contributed by atoms with Crippen LogP contribution in [-0.2, 0) is 20.1 Å². The molecule has 1 amide bonds. The summed E-state index contributed by atoms with van der Waals surface area (Å²) < 4.78 is 29.7. The van der Waals surface area contributed by atoms with Crippen LogP contribution in [0.1, 0.15) is 32.7 Å². The molecule has 11 heteroatoms. The molecule has 0 bridgehead atoms. The normalized spacial score (nSPS) is 11.0. The first-order valence-electron chi connectivity index (χ1n) is 13.8. The van der Waals surface area contributed by atoms with E-state index in [1.54, 1.807) is 20.2 Å². The summed E-state index contributed by atoms with van der Waals surface area (Å²) in [6.07, 6.45) is 1.73. The molecule has 2 heterocycles. The summed E-state index contributed by atoms with van der Waals surface area (Å²) in [4.78, 5) is 37.1. The van der Waals surface area contributed by atoms with Gasteiger partial charge in [-0.3, -0.25) is 14.3 Å². The molecule has 0 unspecified atom stereocenters. The number of carbonyl (C=O) groups excluding carboxylic acids is 1. The van der Waals surface area contributed by atoms with Crippen molar-refractivity contribution in [2.75, 3.05) is 26.0 Å². The van der Waals surface area contributed by atoms with Gasteiger partial charge in [0.25, 0.3) is 11.5 Å². The lowest BCUT2D eigenvalue weighted by Crippen LogP contribution is -2.31. The highest BCUT2D eigenvalue weighted by Crippen LogP contribution is 2.19. The fourth-order valence-corrected chi connectivity index (χ4v) is 4.79. The maximum atomic E-state index is 13.6. The Morgan fingerprint density at radius 1 is 1.02 bits per heavy atom. The van der Waals surface area contributed by atoms with E-state index in [4.69, 9.17) is 0 Å². The van der Waals surface area contributed by atoms with Crippen molar-refractivity contribution in [1.29, 1.82) is 0 Å². The van der Waals surface area contributed by atoms with Crippen molar-refractivity contribution >= 4 is 28.4 Å². The van der Waals surface area contributed by atoms with Crippen LogP contribution in [0.25, 0.3) is 10.9 Å². The van der Waals surface area contributed by atoms with E-state index in [0.29, 0.717) is 17.2 Å². The zero-order chi connectivity index (χ0) is 31.4. The molecule has 5 aromatic rings. The standard InChI is InChI=1S/C33H31F2N7O2/c1-21-30(32(44)42(41(21)4)20-24-10-12-27(34)28(35)17-24)31(43)36-14-6-8-22-11-13-29-25(15-22)18-37-33(39-29)38-26-9-5-7-23(16-26)19-40(2)3/h5,7,9-13,15-18H,14,19-20H2,1-4H3,(H,36,43)(H,37,38,39). The molecule has 2 N–H and O–H groups in total. The molecule has 0 saturated heterocycles. The number of amides is 1. The summed E-state index contributed by atoms with van der Waals surface area (Å²) in [5.41, 5.74) is 3.81. The minimum absolute atomic E-state index is 0.0140. The Hall–Kier alpha value is -5.34. The Balaban J connectivity index is 1.23. The molecule has 0 saturated carbocycles. The number of hydrogen-bond donors (Lipinski definition) is 2. The lowest BCUT2D eigenvalue weighted by Gasteiger charge is -2.11. The fourth-order valence-electron chi connectivity index (χ4n) is 4.79. The first kappa shape index (κ1) is 30.1. The van der Waals surface area contributed by atoms with E-state index < -0.39 is 23.1 Å². The molecule has 0 aliphatic rings. The molecule has 2 aromatic heterocycles. The summed E-state index contributed by atoms with van der Waals surface area (Å²) in [7, 11) is 5.67. The van der Waals surface area contributed by atoms with E-state index in [-0.39, 0.29) is 18.7 Å². The monoisotopic (exact) mass is 595 g/mol. The van der Waals surface area contributed by atoms with Crippen LogP contribution in [0.3, 0.4) is 0 Å². The molecule has 0 atom stereocenters. The van der Waals surface area contributed by atoms with E-state index in [1.165, 1.54) is 21.0 Å².